The molecule has 0 unspecified atom stereocenters. The lowest BCUT2D eigenvalue weighted by molar-refractivity contribution is 0.183. The molecule has 2 aromatic rings. The maximum absolute atomic E-state index is 5.84. The van der Waals surface area contributed by atoms with Crippen molar-refractivity contribution in [1.29, 1.82) is 0 Å². The van der Waals surface area contributed by atoms with Crippen molar-refractivity contribution in [2.75, 3.05) is 26.2 Å². The molecule has 21 heavy (non-hydrogen) atoms. The highest BCUT2D eigenvalue weighted by Gasteiger charge is 2.09. The van der Waals surface area contributed by atoms with Gasteiger partial charge in [0.15, 0.2) is 0 Å². The minimum absolute atomic E-state index is 0.767. The Bertz CT molecular complexity index is 556. The first-order valence-electron chi connectivity index (χ1n) is 7.76. The second-order valence-electron chi connectivity index (χ2n) is 5.65. The summed E-state index contributed by atoms with van der Waals surface area (Å²) in [5, 5.41) is 4.40. The van der Waals surface area contributed by atoms with E-state index in [1.54, 1.807) is 0 Å². The number of rotatable bonds is 5. The molecule has 4 heteroatoms. The number of hydrogen-bond donors (Lipinski definition) is 0. The van der Waals surface area contributed by atoms with Crippen molar-refractivity contribution < 1.29 is 4.74 Å². The van der Waals surface area contributed by atoms with E-state index in [1.807, 2.05) is 36.1 Å². The summed E-state index contributed by atoms with van der Waals surface area (Å²) in [6.45, 7) is 4.24. The molecule has 1 aromatic heterocycles. The monoisotopic (exact) mass is 285 g/mol. The topological polar surface area (TPSA) is 30.3 Å². The van der Waals surface area contributed by atoms with Crippen molar-refractivity contribution in [3.63, 3.8) is 0 Å². The number of nitrogens with zero attached hydrogens (tertiary/aromatic N) is 3. The molecule has 1 aliphatic rings. The van der Waals surface area contributed by atoms with Crippen LogP contribution in [0.1, 0.15) is 19.3 Å². The maximum Gasteiger partial charge on any atom is 0.119 e. The summed E-state index contributed by atoms with van der Waals surface area (Å²) >= 11 is 0. The summed E-state index contributed by atoms with van der Waals surface area (Å²) in [5.41, 5.74) is 2.12. The lowest BCUT2D eigenvalue weighted by Gasteiger charge is -2.26. The molecule has 112 valence electrons. The van der Waals surface area contributed by atoms with Crippen molar-refractivity contribution in [3.05, 3.63) is 36.5 Å². The van der Waals surface area contributed by atoms with Gasteiger partial charge in [0.2, 0.25) is 0 Å². The van der Waals surface area contributed by atoms with Gasteiger partial charge in [0.05, 0.1) is 5.69 Å². The standard InChI is InChI=1S/C17H23N3O/c1-19-12-9-17(18-19)15-5-7-16(8-6-15)21-14-13-20-10-3-2-4-11-20/h5-9,12H,2-4,10-11,13-14H2,1H3. The molecular weight excluding hydrogens is 262 g/mol. The van der Waals surface area contributed by atoms with Crippen molar-refractivity contribution >= 4 is 0 Å². The fourth-order valence-corrected chi connectivity index (χ4v) is 2.77. The molecule has 0 N–H and O–H groups in total. The van der Waals surface area contributed by atoms with Gasteiger partial charge >= 0.3 is 0 Å². The zero-order valence-electron chi connectivity index (χ0n) is 12.7. The first kappa shape index (κ1) is 14.1. The van der Waals surface area contributed by atoms with Crippen LogP contribution in [0.15, 0.2) is 36.5 Å². The van der Waals surface area contributed by atoms with Gasteiger partial charge in [-0.1, -0.05) is 6.42 Å². The molecular formula is C17H23N3O. The van der Waals surface area contributed by atoms with Crippen LogP contribution in [-0.4, -0.2) is 40.9 Å². The largest absolute Gasteiger partial charge is 0.492 e. The Balaban J connectivity index is 1.50. The lowest BCUT2D eigenvalue weighted by atomic mass is 10.1. The molecule has 0 radical (unpaired) electrons. The zero-order valence-corrected chi connectivity index (χ0v) is 12.7. The van der Waals surface area contributed by atoms with E-state index in [2.05, 4.69) is 22.1 Å². The Labute approximate surface area is 126 Å². The molecule has 1 aliphatic heterocycles. The predicted molar refractivity (Wildman–Crippen MR) is 84.4 cm³/mol. The highest BCUT2D eigenvalue weighted by atomic mass is 16.5. The summed E-state index contributed by atoms with van der Waals surface area (Å²) in [4.78, 5) is 2.49. The number of hydrogen-bond acceptors (Lipinski definition) is 3. The van der Waals surface area contributed by atoms with Crippen molar-refractivity contribution in [2.45, 2.75) is 19.3 Å². The molecule has 0 atom stereocenters. The molecule has 4 nitrogen and oxygen atoms in total. The second-order valence-corrected chi connectivity index (χ2v) is 5.65. The molecule has 3 rings (SSSR count). The third kappa shape index (κ3) is 3.85. The van der Waals surface area contributed by atoms with Crippen LogP contribution in [0.3, 0.4) is 0 Å². The van der Waals surface area contributed by atoms with Gasteiger partial charge < -0.3 is 4.74 Å². The van der Waals surface area contributed by atoms with Crippen LogP contribution in [-0.2, 0) is 7.05 Å². The van der Waals surface area contributed by atoms with Crippen molar-refractivity contribution in [2.24, 2.45) is 7.05 Å². The molecule has 0 amide bonds. The summed E-state index contributed by atoms with van der Waals surface area (Å²) in [7, 11) is 1.93. The van der Waals surface area contributed by atoms with E-state index in [4.69, 9.17) is 4.74 Å². The minimum atomic E-state index is 0.767. The van der Waals surface area contributed by atoms with E-state index in [-0.39, 0.29) is 0 Å². The highest BCUT2D eigenvalue weighted by Crippen LogP contribution is 2.20. The molecule has 0 bridgehead atoms. The molecule has 0 saturated carbocycles. The normalized spacial score (nSPS) is 16.0. The predicted octanol–water partition coefficient (Wildman–Crippen LogP) is 2.95. The zero-order chi connectivity index (χ0) is 14.5. The van der Waals surface area contributed by atoms with E-state index < -0.39 is 0 Å². The van der Waals surface area contributed by atoms with Crippen LogP contribution >= 0.6 is 0 Å². The quantitative estimate of drug-likeness (QED) is 0.846. The van der Waals surface area contributed by atoms with E-state index in [1.165, 1.54) is 32.4 Å². The first-order valence-corrected chi connectivity index (χ1v) is 7.76. The summed E-state index contributed by atoms with van der Waals surface area (Å²) < 4.78 is 7.66. The fraction of sp³-hybridized carbons (Fsp3) is 0.471. The molecule has 1 aromatic carbocycles. The van der Waals surface area contributed by atoms with Crippen LogP contribution in [0, 0.1) is 0 Å². The molecule has 1 fully saturated rings. The minimum Gasteiger partial charge on any atom is -0.492 e. The smallest absolute Gasteiger partial charge is 0.119 e. The Hall–Kier alpha value is -1.81. The lowest BCUT2D eigenvalue weighted by Crippen LogP contribution is -2.33. The van der Waals surface area contributed by atoms with Crippen LogP contribution < -0.4 is 4.74 Å². The van der Waals surface area contributed by atoms with Gasteiger partial charge in [-0.2, -0.15) is 5.10 Å². The van der Waals surface area contributed by atoms with Gasteiger partial charge in [0.1, 0.15) is 12.4 Å². The van der Waals surface area contributed by atoms with Gasteiger partial charge in [0, 0.05) is 25.4 Å². The van der Waals surface area contributed by atoms with Gasteiger partial charge in [-0.15, -0.1) is 0 Å². The van der Waals surface area contributed by atoms with Crippen LogP contribution in [0.25, 0.3) is 11.3 Å². The number of likely N-dealkylation sites (tertiary alicyclic amines) is 1. The van der Waals surface area contributed by atoms with Crippen LogP contribution in [0.4, 0.5) is 0 Å². The number of aryl methyl sites for hydroxylation is 1. The van der Waals surface area contributed by atoms with E-state index in [0.717, 1.165) is 30.2 Å². The van der Waals surface area contributed by atoms with Crippen LogP contribution in [0.2, 0.25) is 0 Å². The third-order valence-electron chi connectivity index (χ3n) is 3.99. The average molecular weight is 285 g/mol. The van der Waals surface area contributed by atoms with E-state index in [0.29, 0.717) is 0 Å². The Morgan fingerprint density at radius 3 is 2.48 bits per heavy atom. The van der Waals surface area contributed by atoms with Crippen molar-refractivity contribution in [3.8, 4) is 17.0 Å². The van der Waals surface area contributed by atoms with Gasteiger partial charge in [-0.25, -0.2) is 0 Å². The summed E-state index contributed by atoms with van der Waals surface area (Å²) in [6, 6.07) is 10.2. The SMILES string of the molecule is Cn1ccc(-c2ccc(OCCN3CCCCC3)cc2)n1. The molecule has 0 spiro atoms. The van der Waals surface area contributed by atoms with E-state index in [9.17, 15) is 0 Å². The Morgan fingerprint density at radius 2 is 1.81 bits per heavy atom. The van der Waals surface area contributed by atoms with Gasteiger partial charge in [-0.3, -0.25) is 9.58 Å². The molecule has 1 saturated heterocycles. The third-order valence-corrected chi connectivity index (χ3v) is 3.99. The highest BCUT2D eigenvalue weighted by molar-refractivity contribution is 5.59. The van der Waals surface area contributed by atoms with Gasteiger partial charge in [0.25, 0.3) is 0 Å². The number of aromatic nitrogens is 2. The fourth-order valence-electron chi connectivity index (χ4n) is 2.77. The summed E-state index contributed by atoms with van der Waals surface area (Å²) in [5.74, 6) is 0.937. The first-order chi connectivity index (χ1) is 10.3. The van der Waals surface area contributed by atoms with E-state index >= 15 is 0 Å². The van der Waals surface area contributed by atoms with Gasteiger partial charge in [-0.05, 0) is 56.3 Å². The Kier molecular flexibility index (Phi) is 4.55. The van der Waals surface area contributed by atoms with Crippen LogP contribution in [0.5, 0.6) is 5.75 Å². The molecule has 2 heterocycles. The Morgan fingerprint density at radius 1 is 1.05 bits per heavy atom. The number of piperidine rings is 1. The number of benzene rings is 1. The second kappa shape index (κ2) is 6.76. The maximum atomic E-state index is 5.84. The summed E-state index contributed by atoms with van der Waals surface area (Å²) in [6.07, 6.45) is 6.00. The van der Waals surface area contributed by atoms with Crippen molar-refractivity contribution in [1.82, 2.24) is 14.7 Å². The average Bonchev–Trinajstić information content (AvgIpc) is 2.96. The number of ether oxygens (including phenoxy) is 1. The molecule has 0 aliphatic carbocycles.